The molecule has 15 heteroatoms. The van der Waals surface area contributed by atoms with E-state index in [4.69, 9.17) is 19.9 Å². The molecule has 5 atom stereocenters. The normalized spacial score (nSPS) is 23.3. The van der Waals surface area contributed by atoms with Gasteiger partial charge in [0.2, 0.25) is 12.1 Å². The number of nitrogens with zero attached hydrogens (tertiary/aromatic N) is 1. The number of benzene rings is 2. The summed E-state index contributed by atoms with van der Waals surface area (Å²) >= 11 is 0. The van der Waals surface area contributed by atoms with Gasteiger partial charge in [-0.1, -0.05) is 0 Å². The Morgan fingerprint density at radius 3 is 2.32 bits per heavy atom. The van der Waals surface area contributed by atoms with Gasteiger partial charge < -0.3 is 61.0 Å². The second kappa shape index (κ2) is 13.9. The number of aryl methyl sites for hydroxylation is 1. The predicted molar refractivity (Wildman–Crippen MR) is 153 cm³/mol. The first kappa shape index (κ1) is 33.1. The van der Waals surface area contributed by atoms with E-state index in [0.717, 1.165) is 0 Å². The zero-order chi connectivity index (χ0) is 32.3. The van der Waals surface area contributed by atoms with Gasteiger partial charge in [-0.05, 0) is 30.9 Å². The van der Waals surface area contributed by atoms with Crippen molar-refractivity contribution in [3.8, 4) is 17.2 Å². The number of carbonyl (C=O) groups excluding carboxylic acids is 2. The maximum atomic E-state index is 14.2. The van der Waals surface area contributed by atoms with Crippen molar-refractivity contribution < 1.29 is 59.5 Å². The molecule has 15 nitrogen and oxygen atoms in total. The molecule has 4 rings (SSSR count). The second-order valence-electron chi connectivity index (χ2n) is 10.4. The molecule has 1 saturated heterocycles. The standard InChI is InChI=1S/C29H37N3O12/c1-31-29(30)32-9-14-12(5-3-4-6-33)7-13-20(23(14)37)25(39)21-17(8-16(42-2)15(10-34)19(21)22(13)36)43-28-27(41)26(40)24(38)18(11-35)44-28/h7-8,18,24,26-28,33-35,37-38,40-41H,3-6,9-11H2,1-2H3,(H3,30,31,32)/t18-,24-,26+,27-,28-/m1/s1. The molecule has 0 spiro atoms. The van der Waals surface area contributed by atoms with Crippen molar-refractivity contribution in [1.29, 1.82) is 0 Å². The summed E-state index contributed by atoms with van der Waals surface area (Å²) in [6.07, 6.45) is -7.06. The summed E-state index contributed by atoms with van der Waals surface area (Å²) in [6, 6.07) is 2.66. The van der Waals surface area contributed by atoms with Crippen LogP contribution in [0.5, 0.6) is 17.2 Å². The van der Waals surface area contributed by atoms with E-state index < -0.39 is 61.2 Å². The summed E-state index contributed by atoms with van der Waals surface area (Å²) in [6.45, 7) is -1.57. The number of aliphatic imine (C=N–C) groups is 1. The minimum atomic E-state index is -1.84. The van der Waals surface area contributed by atoms with Crippen LogP contribution in [0.4, 0.5) is 0 Å². The third-order valence-electron chi connectivity index (χ3n) is 7.79. The average molecular weight is 620 g/mol. The number of ether oxygens (including phenoxy) is 3. The van der Waals surface area contributed by atoms with E-state index in [0.29, 0.717) is 24.8 Å². The number of unbranched alkanes of at least 4 members (excludes halogenated alkanes) is 1. The van der Waals surface area contributed by atoms with Crippen LogP contribution in [0.2, 0.25) is 0 Å². The highest BCUT2D eigenvalue weighted by atomic mass is 16.7. The molecule has 1 aliphatic heterocycles. The summed E-state index contributed by atoms with van der Waals surface area (Å²) in [5, 5.41) is 74.4. The number of fused-ring (bicyclic) bond motifs is 2. The number of nitrogens with two attached hydrogens (primary N) is 1. The number of aromatic hydroxyl groups is 1. The number of phenols is 1. The summed E-state index contributed by atoms with van der Waals surface area (Å²) in [7, 11) is 2.72. The van der Waals surface area contributed by atoms with E-state index in [1.54, 1.807) is 0 Å². The Hall–Kier alpha value is -3.83. The summed E-state index contributed by atoms with van der Waals surface area (Å²) < 4.78 is 16.6. The first-order chi connectivity index (χ1) is 21.0. The first-order valence-electron chi connectivity index (χ1n) is 13.9. The number of ketones is 2. The van der Waals surface area contributed by atoms with Gasteiger partial charge in [-0.25, -0.2) is 0 Å². The van der Waals surface area contributed by atoms with E-state index in [9.17, 15) is 45.3 Å². The Morgan fingerprint density at radius 1 is 0.977 bits per heavy atom. The highest BCUT2D eigenvalue weighted by molar-refractivity contribution is 6.31. The van der Waals surface area contributed by atoms with Crippen molar-refractivity contribution in [1.82, 2.24) is 5.32 Å². The molecule has 0 bridgehead atoms. The Labute approximate surface area is 252 Å². The van der Waals surface area contributed by atoms with Crippen LogP contribution in [-0.4, -0.2) is 111 Å². The van der Waals surface area contributed by atoms with Gasteiger partial charge >= 0.3 is 0 Å². The summed E-state index contributed by atoms with van der Waals surface area (Å²) in [5.74, 6) is -2.42. The van der Waals surface area contributed by atoms with Gasteiger partial charge in [0.15, 0.2) is 11.7 Å². The highest BCUT2D eigenvalue weighted by Gasteiger charge is 2.46. The number of rotatable bonds is 11. The molecule has 0 aromatic heterocycles. The molecule has 2 aromatic rings. The predicted octanol–water partition coefficient (Wildman–Crippen LogP) is -1.80. The molecule has 1 aliphatic carbocycles. The fraction of sp³-hybridized carbons (Fsp3) is 0.483. The van der Waals surface area contributed by atoms with Gasteiger partial charge in [0.05, 0.1) is 31.5 Å². The van der Waals surface area contributed by atoms with Gasteiger partial charge in [-0.3, -0.25) is 14.6 Å². The molecule has 0 saturated carbocycles. The lowest BCUT2D eigenvalue weighted by atomic mass is 9.78. The van der Waals surface area contributed by atoms with Gasteiger partial charge in [-0.15, -0.1) is 0 Å². The van der Waals surface area contributed by atoms with Crippen molar-refractivity contribution in [2.45, 2.75) is 63.1 Å². The average Bonchev–Trinajstić information content (AvgIpc) is 3.02. The van der Waals surface area contributed by atoms with Crippen molar-refractivity contribution >= 4 is 17.5 Å². The number of carbonyl (C=O) groups is 2. The van der Waals surface area contributed by atoms with Crippen LogP contribution in [0.25, 0.3) is 0 Å². The molecule has 10 N–H and O–H groups in total. The maximum Gasteiger partial charge on any atom is 0.229 e. The molecule has 0 unspecified atom stereocenters. The maximum absolute atomic E-state index is 14.2. The topological polar surface area (TPSA) is 254 Å². The SMILES string of the molecule is CN=C(N)NCc1c(CCCCO)cc2c(c1O)C(=O)c1c(O[C@@H]3O[C@H](CO)[C@@H](O)[C@H](O)[C@H]3O)cc(OC)c(CO)c1C2=O. The van der Waals surface area contributed by atoms with E-state index >= 15 is 0 Å². The Kier molecular flexibility index (Phi) is 10.4. The molecule has 240 valence electrons. The quantitative estimate of drug-likeness (QED) is 0.0652. The van der Waals surface area contributed by atoms with E-state index in [1.807, 2.05) is 0 Å². The van der Waals surface area contributed by atoms with Crippen LogP contribution in [-0.2, 0) is 24.3 Å². The van der Waals surface area contributed by atoms with E-state index in [2.05, 4.69) is 10.3 Å². The van der Waals surface area contributed by atoms with Crippen LogP contribution >= 0.6 is 0 Å². The van der Waals surface area contributed by atoms with E-state index in [-0.39, 0.29) is 64.0 Å². The van der Waals surface area contributed by atoms with Crippen molar-refractivity contribution in [2.75, 3.05) is 27.4 Å². The molecule has 2 aromatic carbocycles. The van der Waals surface area contributed by atoms with Crippen LogP contribution < -0.4 is 20.5 Å². The minimum Gasteiger partial charge on any atom is -0.507 e. The lowest BCUT2D eigenvalue weighted by Crippen LogP contribution is -2.60. The fourth-order valence-corrected chi connectivity index (χ4v) is 5.41. The Morgan fingerprint density at radius 2 is 1.70 bits per heavy atom. The van der Waals surface area contributed by atoms with Crippen molar-refractivity contribution in [3.63, 3.8) is 0 Å². The second-order valence-corrected chi connectivity index (χ2v) is 10.4. The van der Waals surface area contributed by atoms with Crippen LogP contribution in [0.1, 0.15) is 61.4 Å². The van der Waals surface area contributed by atoms with Crippen molar-refractivity contribution in [3.05, 3.63) is 51.1 Å². The molecule has 1 fully saturated rings. The smallest absolute Gasteiger partial charge is 0.229 e. The number of guanidine groups is 1. The summed E-state index contributed by atoms with van der Waals surface area (Å²) in [4.78, 5) is 32.1. The van der Waals surface area contributed by atoms with Gasteiger partial charge in [0, 0.05) is 48.5 Å². The zero-order valence-electron chi connectivity index (χ0n) is 24.2. The third-order valence-corrected chi connectivity index (χ3v) is 7.79. The lowest BCUT2D eigenvalue weighted by molar-refractivity contribution is -0.277. The Bertz CT molecular complexity index is 1440. The molecule has 2 aliphatic rings. The molecule has 0 amide bonds. The minimum absolute atomic E-state index is 0.0355. The molecule has 44 heavy (non-hydrogen) atoms. The highest BCUT2D eigenvalue weighted by Crippen LogP contribution is 2.44. The number of aliphatic hydroxyl groups excluding tert-OH is 6. The Balaban J connectivity index is 1.90. The van der Waals surface area contributed by atoms with Gasteiger partial charge in [0.25, 0.3) is 0 Å². The van der Waals surface area contributed by atoms with Crippen molar-refractivity contribution in [2.24, 2.45) is 10.7 Å². The van der Waals surface area contributed by atoms with E-state index in [1.165, 1.54) is 26.3 Å². The number of phenolic OH excluding ortho intramolecular Hbond substituents is 1. The number of hydrogen-bond acceptors (Lipinski definition) is 13. The van der Waals surface area contributed by atoms with Crippen LogP contribution in [0.15, 0.2) is 17.1 Å². The van der Waals surface area contributed by atoms with Gasteiger partial charge in [-0.2, -0.15) is 0 Å². The van der Waals surface area contributed by atoms with Crippen LogP contribution in [0.3, 0.4) is 0 Å². The monoisotopic (exact) mass is 619 g/mol. The first-order valence-corrected chi connectivity index (χ1v) is 13.9. The number of aliphatic hydroxyl groups is 6. The van der Waals surface area contributed by atoms with Crippen LogP contribution in [0, 0.1) is 0 Å². The zero-order valence-corrected chi connectivity index (χ0v) is 24.2. The molecular weight excluding hydrogens is 582 g/mol. The molecule has 0 radical (unpaired) electrons. The molecule has 1 heterocycles. The molecular formula is C29H37N3O12. The largest absolute Gasteiger partial charge is 0.507 e. The number of nitrogens with one attached hydrogen (secondary N) is 1. The number of methoxy groups -OCH3 is 1. The number of hydrogen-bond donors (Lipinski definition) is 9. The summed E-state index contributed by atoms with van der Waals surface area (Å²) in [5.41, 5.74) is 5.41. The fourth-order valence-electron chi connectivity index (χ4n) is 5.41. The van der Waals surface area contributed by atoms with Gasteiger partial charge in [0.1, 0.15) is 41.7 Å². The lowest BCUT2D eigenvalue weighted by Gasteiger charge is -2.40. The third kappa shape index (κ3) is 5.95.